The molecule has 0 unspecified atom stereocenters. The van der Waals surface area contributed by atoms with Crippen LogP contribution in [0.5, 0.6) is 0 Å². The minimum atomic E-state index is -1.82. The van der Waals surface area contributed by atoms with Crippen LogP contribution in [0.1, 0.15) is 11.5 Å². The van der Waals surface area contributed by atoms with Crippen molar-refractivity contribution < 1.29 is 4.39 Å². The van der Waals surface area contributed by atoms with E-state index in [2.05, 4.69) is 30.2 Å². The van der Waals surface area contributed by atoms with Crippen LogP contribution in [0.15, 0.2) is 42.9 Å². The fraction of sp³-hybridized carbons (Fsp3) is 0.188. The molecule has 0 saturated heterocycles. The molecule has 0 radical (unpaired) electrons. The molecule has 0 spiro atoms. The van der Waals surface area contributed by atoms with Crippen molar-refractivity contribution in [3.05, 3.63) is 60.2 Å². The van der Waals surface area contributed by atoms with Gasteiger partial charge in [-0.2, -0.15) is 9.97 Å². The number of rotatable bonds is 5. The smallest absolute Gasteiger partial charge is 0.250 e. The van der Waals surface area contributed by atoms with Gasteiger partial charge in [-0.15, -0.1) is 0 Å². The molecular formula is C16H12Cl3FN6. The molecule has 0 bridgehead atoms. The predicted octanol–water partition coefficient (Wildman–Crippen LogP) is 3.95. The third kappa shape index (κ3) is 4.97. The summed E-state index contributed by atoms with van der Waals surface area (Å²) in [5.41, 5.74) is 1.38. The zero-order chi connectivity index (χ0) is 18.6. The van der Waals surface area contributed by atoms with Crippen LogP contribution in [-0.2, 0) is 10.2 Å². The first-order valence-corrected chi connectivity index (χ1v) is 8.63. The molecule has 0 amide bonds. The van der Waals surface area contributed by atoms with E-state index in [0.29, 0.717) is 18.5 Å². The number of hydrogen-bond acceptors (Lipinski definition) is 6. The van der Waals surface area contributed by atoms with E-state index in [1.165, 1.54) is 24.3 Å². The fourth-order valence-electron chi connectivity index (χ4n) is 2.07. The minimum absolute atomic E-state index is 0.0289. The maximum atomic E-state index is 13.1. The second-order valence-corrected chi connectivity index (χ2v) is 7.47. The molecule has 1 N–H and O–H groups in total. The van der Waals surface area contributed by atoms with Crippen molar-refractivity contribution in [3.63, 3.8) is 0 Å². The molecule has 3 aromatic rings. The first kappa shape index (κ1) is 18.7. The number of hydrogen-bond donors (Lipinski definition) is 1. The van der Waals surface area contributed by atoms with E-state index in [4.69, 9.17) is 34.8 Å². The number of anilines is 1. The van der Waals surface area contributed by atoms with Crippen molar-refractivity contribution >= 4 is 40.8 Å². The zero-order valence-corrected chi connectivity index (χ0v) is 15.5. The van der Waals surface area contributed by atoms with Crippen LogP contribution in [-0.4, -0.2) is 31.5 Å². The number of nitrogens with zero attached hydrogens (tertiary/aromatic N) is 5. The van der Waals surface area contributed by atoms with Crippen LogP contribution in [0.3, 0.4) is 0 Å². The van der Waals surface area contributed by atoms with Gasteiger partial charge in [0, 0.05) is 37.1 Å². The molecular weight excluding hydrogens is 402 g/mol. The van der Waals surface area contributed by atoms with Gasteiger partial charge >= 0.3 is 0 Å². The van der Waals surface area contributed by atoms with Crippen LogP contribution < -0.4 is 5.32 Å². The number of alkyl halides is 3. The SMILES string of the molecule is Fc1ccc(-c2nc(NCCc3cnccn3)nc(C(Cl)(Cl)Cl)n2)cc1. The summed E-state index contributed by atoms with van der Waals surface area (Å²) in [5, 5.41) is 3.05. The molecule has 134 valence electrons. The maximum Gasteiger partial charge on any atom is 0.250 e. The molecule has 1 aromatic carbocycles. The Morgan fingerprint density at radius 3 is 2.42 bits per heavy atom. The van der Waals surface area contributed by atoms with Crippen molar-refractivity contribution in [1.29, 1.82) is 0 Å². The molecule has 0 saturated carbocycles. The Kier molecular flexibility index (Phi) is 5.80. The lowest BCUT2D eigenvalue weighted by Gasteiger charge is -2.13. The number of halogens is 4. The van der Waals surface area contributed by atoms with Gasteiger partial charge in [-0.3, -0.25) is 9.97 Å². The number of aromatic nitrogens is 5. The van der Waals surface area contributed by atoms with E-state index in [-0.39, 0.29) is 23.4 Å². The van der Waals surface area contributed by atoms with Gasteiger partial charge in [0.25, 0.3) is 0 Å². The van der Waals surface area contributed by atoms with Gasteiger partial charge in [-0.1, -0.05) is 34.8 Å². The van der Waals surface area contributed by atoms with Crippen molar-refractivity contribution in [2.45, 2.75) is 10.2 Å². The van der Waals surface area contributed by atoms with Crippen molar-refractivity contribution in [3.8, 4) is 11.4 Å². The summed E-state index contributed by atoms with van der Waals surface area (Å²) in [4.78, 5) is 20.8. The number of nitrogens with one attached hydrogen (secondary N) is 1. The van der Waals surface area contributed by atoms with Crippen LogP contribution in [0.4, 0.5) is 10.3 Å². The van der Waals surface area contributed by atoms with Crippen LogP contribution >= 0.6 is 34.8 Å². The first-order chi connectivity index (χ1) is 12.4. The average molecular weight is 414 g/mol. The molecule has 0 fully saturated rings. The van der Waals surface area contributed by atoms with Gasteiger partial charge in [-0.25, -0.2) is 9.37 Å². The highest BCUT2D eigenvalue weighted by molar-refractivity contribution is 6.66. The van der Waals surface area contributed by atoms with Gasteiger partial charge in [0.1, 0.15) is 5.82 Å². The third-order valence-corrected chi connectivity index (χ3v) is 3.78. The second-order valence-electron chi connectivity index (χ2n) is 5.18. The van der Waals surface area contributed by atoms with Crippen molar-refractivity contribution in [2.24, 2.45) is 0 Å². The highest BCUT2D eigenvalue weighted by atomic mass is 35.6. The summed E-state index contributed by atoms with van der Waals surface area (Å²) in [5.74, 6) is 0.110. The summed E-state index contributed by atoms with van der Waals surface area (Å²) in [6.07, 6.45) is 5.50. The summed E-state index contributed by atoms with van der Waals surface area (Å²) < 4.78 is 11.3. The monoisotopic (exact) mass is 412 g/mol. The predicted molar refractivity (Wildman–Crippen MR) is 98.7 cm³/mol. The van der Waals surface area contributed by atoms with Gasteiger partial charge < -0.3 is 5.32 Å². The lowest BCUT2D eigenvalue weighted by molar-refractivity contribution is 0.628. The molecule has 0 atom stereocenters. The standard InChI is InChI=1S/C16H12Cl3FN6/c17-16(18,19)14-24-13(10-1-3-11(20)4-2-10)25-15(26-14)23-6-5-12-9-21-7-8-22-12/h1-4,7-9H,5-6H2,(H,23,24,25,26). The fourth-order valence-corrected chi connectivity index (χ4v) is 2.32. The van der Waals surface area contributed by atoms with Gasteiger partial charge in [-0.05, 0) is 24.3 Å². The summed E-state index contributed by atoms with van der Waals surface area (Å²) in [6, 6.07) is 5.68. The van der Waals surface area contributed by atoms with Crippen molar-refractivity contribution in [2.75, 3.05) is 11.9 Å². The molecule has 6 nitrogen and oxygen atoms in total. The van der Waals surface area contributed by atoms with E-state index >= 15 is 0 Å². The lowest BCUT2D eigenvalue weighted by Crippen LogP contribution is -2.15. The third-order valence-electron chi connectivity index (χ3n) is 3.27. The summed E-state index contributed by atoms with van der Waals surface area (Å²) >= 11 is 17.8. The molecule has 0 aliphatic rings. The van der Waals surface area contributed by atoms with E-state index < -0.39 is 3.79 Å². The Hall–Kier alpha value is -2.09. The quantitative estimate of drug-likeness (QED) is 0.638. The molecule has 2 aromatic heterocycles. The van der Waals surface area contributed by atoms with Crippen LogP contribution in [0.25, 0.3) is 11.4 Å². The van der Waals surface area contributed by atoms with E-state index in [9.17, 15) is 4.39 Å². The Morgan fingerprint density at radius 2 is 1.77 bits per heavy atom. The molecule has 3 rings (SSSR count). The molecule has 2 heterocycles. The van der Waals surface area contributed by atoms with Crippen molar-refractivity contribution in [1.82, 2.24) is 24.9 Å². The van der Waals surface area contributed by atoms with Crippen LogP contribution in [0.2, 0.25) is 0 Å². The first-order valence-electron chi connectivity index (χ1n) is 7.50. The molecule has 0 aliphatic carbocycles. The average Bonchev–Trinajstić information content (AvgIpc) is 2.62. The van der Waals surface area contributed by atoms with Gasteiger partial charge in [0.15, 0.2) is 11.6 Å². The Morgan fingerprint density at radius 1 is 1.00 bits per heavy atom. The Balaban J connectivity index is 1.84. The van der Waals surface area contributed by atoms with E-state index in [1.807, 2.05) is 0 Å². The summed E-state index contributed by atoms with van der Waals surface area (Å²) in [7, 11) is 0. The molecule has 0 aliphatic heterocycles. The minimum Gasteiger partial charge on any atom is -0.354 e. The van der Waals surface area contributed by atoms with E-state index in [0.717, 1.165) is 5.69 Å². The second kappa shape index (κ2) is 8.07. The molecule has 26 heavy (non-hydrogen) atoms. The zero-order valence-electron chi connectivity index (χ0n) is 13.2. The van der Waals surface area contributed by atoms with E-state index in [1.54, 1.807) is 18.6 Å². The van der Waals surface area contributed by atoms with Crippen LogP contribution in [0, 0.1) is 5.82 Å². The molecule has 10 heteroatoms. The Labute approximate surface area is 163 Å². The topological polar surface area (TPSA) is 76.5 Å². The Bertz CT molecular complexity index is 871. The highest BCUT2D eigenvalue weighted by Crippen LogP contribution is 2.36. The van der Waals surface area contributed by atoms with Gasteiger partial charge in [0.05, 0.1) is 5.69 Å². The lowest BCUT2D eigenvalue weighted by atomic mass is 10.2. The van der Waals surface area contributed by atoms with Gasteiger partial charge in [0.2, 0.25) is 9.74 Å². The highest BCUT2D eigenvalue weighted by Gasteiger charge is 2.28. The number of benzene rings is 1. The normalized spacial score (nSPS) is 11.4. The summed E-state index contributed by atoms with van der Waals surface area (Å²) in [6.45, 7) is 0.491. The maximum absolute atomic E-state index is 13.1. The largest absolute Gasteiger partial charge is 0.354 e.